The van der Waals surface area contributed by atoms with Gasteiger partial charge in [-0.05, 0) is 40.5 Å². The zero-order chi connectivity index (χ0) is 19.4. The molecule has 0 aromatic carbocycles. The molecule has 0 amide bonds. The van der Waals surface area contributed by atoms with E-state index in [2.05, 4.69) is 33.8 Å². The molecule has 1 aliphatic rings. The summed E-state index contributed by atoms with van der Waals surface area (Å²) in [5, 5.41) is 0. The van der Waals surface area contributed by atoms with Crippen LogP contribution in [0, 0.1) is 11.8 Å². The van der Waals surface area contributed by atoms with E-state index < -0.39 is 0 Å². The fraction of sp³-hybridized carbons (Fsp3) is 0.700. The molecule has 0 N–H and O–H groups in total. The molecule has 0 saturated heterocycles. The van der Waals surface area contributed by atoms with Crippen molar-refractivity contribution in [2.75, 3.05) is 40.3 Å². The zero-order valence-electron chi connectivity index (χ0n) is 17.2. The van der Waals surface area contributed by atoms with Crippen molar-refractivity contribution in [3.8, 4) is 0 Å². The van der Waals surface area contributed by atoms with Gasteiger partial charge in [0.15, 0.2) is 0 Å². The van der Waals surface area contributed by atoms with Crippen molar-refractivity contribution >= 4 is 35.3 Å². The summed E-state index contributed by atoms with van der Waals surface area (Å²) in [6, 6.07) is 0. The zero-order valence-corrected chi connectivity index (χ0v) is 17.2. The fourth-order valence-electron chi connectivity index (χ4n) is 2.71. The van der Waals surface area contributed by atoms with Gasteiger partial charge in [0, 0.05) is 75.6 Å². The molecule has 0 aromatic heterocycles. The van der Waals surface area contributed by atoms with E-state index in [9.17, 15) is 0 Å². The molecule has 0 aliphatic carbocycles. The lowest BCUT2D eigenvalue weighted by Gasteiger charge is -2.13. The first-order valence-electron chi connectivity index (χ1n) is 9.39. The smallest absolute Gasteiger partial charge is 0.0691 e. The Morgan fingerprint density at radius 1 is 0.769 bits per heavy atom. The number of rotatable bonds is 2. The van der Waals surface area contributed by atoms with Crippen LogP contribution in [0.1, 0.15) is 40.5 Å². The van der Waals surface area contributed by atoms with Gasteiger partial charge >= 0.3 is 0 Å². The number of hydrogen-bond donors (Lipinski definition) is 0. The summed E-state index contributed by atoms with van der Waals surface area (Å²) in [6.45, 7) is 11.2. The molecule has 0 radical (unpaired) electrons. The van der Waals surface area contributed by atoms with Crippen LogP contribution in [0.4, 0.5) is 0 Å². The molecule has 2 atom stereocenters. The van der Waals surface area contributed by atoms with E-state index in [4.69, 9.17) is 9.98 Å². The van der Waals surface area contributed by atoms with Crippen LogP contribution in [0.5, 0.6) is 0 Å². The van der Waals surface area contributed by atoms with E-state index in [1.54, 1.807) is 0 Å². The van der Waals surface area contributed by atoms with E-state index in [1.165, 1.54) is 0 Å². The maximum atomic E-state index is 4.72. The predicted molar refractivity (Wildman–Crippen MR) is 117 cm³/mol. The number of nitrogens with zero attached hydrogens (tertiary/aromatic N) is 6. The first kappa shape index (κ1) is 22.1. The van der Waals surface area contributed by atoms with Gasteiger partial charge in [0.05, 0.1) is 11.8 Å². The number of hydrogen-bond acceptors (Lipinski definition) is 6. The highest BCUT2D eigenvalue weighted by Crippen LogP contribution is 2.05. The molecule has 0 aromatic rings. The van der Waals surface area contributed by atoms with Crippen LogP contribution in [0.3, 0.4) is 0 Å². The van der Waals surface area contributed by atoms with Crippen LogP contribution in [-0.4, -0.2) is 75.6 Å². The highest BCUT2D eigenvalue weighted by atomic mass is 14.8. The molecule has 1 heterocycles. The summed E-state index contributed by atoms with van der Waals surface area (Å²) in [5.41, 5.74) is 4.21. The van der Waals surface area contributed by atoms with Crippen LogP contribution in [0.2, 0.25) is 0 Å². The van der Waals surface area contributed by atoms with Crippen molar-refractivity contribution in [2.45, 2.75) is 40.5 Å². The van der Waals surface area contributed by atoms with Crippen LogP contribution in [0.25, 0.3) is 0 Å². The van der Waals surface area contributed by atoms with Crippen molar-refractivity contribution in [2.24, 2.45) is 41.8 Å². The Balaban J connectivity index is 2.96. The van der Waals surface area contributed by atoms with Gasteiger partial charge in [-0.2, -0.15) is 0 Å². The maximum absolute atomic E-state index is 4.72. The van der Waals surface area contributed by atoms with Crippen LogP contribution in [0.15, 0.2) is 30.0 Å². The summed E-state index contributed by atoms with van der Waals surface area (Å²) in [6.07, 6.45) is 5.81. The standard InChI is InChI=1S/C20H34N6/c1-15(21-5)19-13-23-9-7-10-24-14-20(16(2)22-6)18(4)26-12-8-11-25-17(19)3/h13-14,19-20H,7-12H2,1-6H3. The monoisotopic (exact) mass is 358 g/mol. The summed E-state index contributed by atoms with van der Waals surface area (Å²) < 4.78 is 0. The summed E-state index contributed by atoms with van der Waals surface area (Å²) in [5.74, 6) is 0.184. The lowest BCUT2D eigenvalue weighted by atomic mass is 10.0. The Bertz CT molecular complexity index is 558. The van der Waals surface area contributed by atoms with Crippen LogP contribution < -0.4 is 0 Å². The third kappa shape index (κ3) is 7.50. The molecule has 2 unspecified atom stereocenters. The lowest BCUT2D eigenvalue weighted by Crippen LogP contribution is -2.23. The van der Waals surface area contributed by atoms with Gasteiger partial charge < -0.3 is 0 Å². The summed E-state index contributed by atoms with van der Waals surface area (Å²) in [7, 11) is 3.64. The Kier molecular flexibility index (Phi) is 10.5. The topological polar surface area (TPSA) is 74.2 Å². The third-order valence-electron chi connectivity index (χ3n) is 4.63. The molecule has 6 nitrogen and oxygen atoms in total. The average Bonchev–Trinajstić information content (AvgIpc) is 2.64. The summed E-state index contributed by atoms with van der Waals surface area (Å²) in [4.78, 5) is 27.3. The lowest BCUT2D eigenvalue weighted by molar-refractivity contribution is 0.832. The Morgan fingerprint density at radius 3 is 1.54 bits per heavy atom. The molecule has 26 heavy (non-hydrogen) atoms. The average molecular weight is 359 g/mol. The van der Waals surface area contributed by atoms with Crippen molar-refractivity contribution < 1.29 is 0 Å². The van der Waals surface area contributed by atoms with Gasteiger partial charge in [0.25, 0.3) is 0 Å². The molecule has 144 valence electrons. The minimum Gasteiger partial charge on any atom is -0.297 e. The van der Waals surface area contributed by atoms with Crippen molar-refractivity contribution in [3.63, 3.8) is 0 Å². The van der Waals surface area contributed by atoms with E-state index >= 15 is 0 Å². The predicted octanol–water partition coefficient (Wildman–Crippen LogP) is 3.26. The van der Waals surface area contributed by atoms with Gasteiger partial charge in [-0.3, -0.25) is 30.0 Å². The molecule has 0 spiro atoms. The Morgan fingerprint density at radius 2 is 1.15 bits per heavy atom. The molecule has 0 fully saturated rings. The van der Waals surface area contributed by atoms with E-state index in [0.717, 1.165) is 61.9 Å². The van der Waals surface area contributed by atoms with Gasteiger partial charge in [-0.25, -0.2) is 0 Å². The quantitative estimate of drug-likeness (QED) is 0.680. The minimum absolute atomic E-state index is 0.0921. The minimum atomic E-state index is 0.0921. The molecular weight excluding hydrogens is 324 g/mol. The van der Waals surface area contributed by atoms with Crippen LogP contribution >= 0.6 is 0 Å². The second-order valence-corrected chi connectivity index (χ2v) is 6.55. The highest BCUT2D eigenvalue weighted by molar-refractivity contribution is 6.17. The molecule has 1 rings (SSSR count). The first-order valence-corrected chi connectivity index (χ1v) is 9.39. The fourth-order valence-corrected chi connectivity index (χ4v) is 2.71. The normalized spacial score (nSPS) is 25.0. The van der Waals surface area contributed by atoms with Gasteiger partial charge in [-0.15, -0.1) is 0 Å². The Labute approximate surface area is 158 Å². The summed E-state index contributed by atoms with van der Waals surface area (Å²) >= 11 is 0. The molecule has 6 heteroatoms. The van der Waals surface area contributed by atoms with E-state index in [1.807, 2.05) is 40.4 Å². The third-order valence-corrected chi connectivity index (χ3v) is 4.63. The first-order chi connectivity index (χ1) is 12.5. The van der Waals surface area contributed by atoms with Gasteiger partial charge in [-0.1, -0.05) is 0 Å². The SMILES string of the molecule is CN=C(C)C1C=NCCCN=CC(C(C)=NC)C(C)=NCCCN=C1C. The molecular formula is C20H34N6. The van der Waals surface area contributed by atoms with Gasteiger partial charge in [0.2, 0.25) is 0 Å². The second kappa shape index (κ2) is 12.4. The van der Waals surface area contributed by atoms with E-state index in [-0.39, 0.29) is 11.8 Å². The number of aliphatic imine (C=N–C) groups is 6. The molecule has 0 bridgehead atoms. The van der Waals surface area contributed by atoms with E-state index in [0.29, 0.717) is 0 Å². The van der Waals surface area contributed by atoms with Crippen molar-refractivity contribution in [1.82, 2.24) is 0 Å². The second-order valence-electron chi connectivity index (χ2n) is 6.55. The Hall–Kier alpha value is -1.98. The molecule has 1 aliphatic heterocycles. The maximum Gasteiger partial charge on any atom is 0.0691 e. The highest BCUT2D eigenvalue weighted by Gasteiger charge is 2.14. The van der Waals surface area contributed by atoms with Crippen LogP contribution in [-0.2, 0) is 0 Å². The largest absolute Gasteiger partial charge is 0.297 e. The van der Waals surface area contributed by atoms with Crippen molar-refractivity contribution in [1.29, 1.82) is 0 Å². The molecule has 0 saturated carbocycles. The van der Waals surface area contributed by atoms with Gasteiger partial charge in [0.1, 0.15) is 0 Å². The van der Waals surface area contributed by atoms with Crippen molar-refractivity contribution in [3.05, 3.63) is 0 Å².